The summed E-state index contributed by atoms with van der Waals surface area (Å²) in [7, 11) is 0. The number of benzene rings is 1. The molecule has 29 heavy (non-hydrogen) atoms. The number of carbonyl (C=O) groups is 1. The van der Waals surface area contributed by atoms with Crippen molar-refractivity contribution >= 4 is 11.6 Å². The molecule has 0 spiro atoms. The first-order chi connectivity index (χ1) is 14.2. The normalized spacial score (nSPS) is 16.1. The molecule has 0 bridgehead atoms. The Morgan fingerprint density at radius 2 is 1.79 bits per heavy atom. The van der Waals surface area contributed by atoms with E-state index in [1.165, 1.54) is 5.56 Å². The SMILES string of the molecule is CCN(CC)C(=O)c1ccc(N2CCN(Cc3ccc4c(c3)OCO4)CC2)cn1. The van der Waals surface area contributed by atoms with Crippen molar-refractivity contribution in [3.63, 3.8) is 0 Å². The van der Waals surface area contributed by atoms with Gasteiger partial charge in [0.15, 0.2) is 11.5 Å². The van der Waals surface area contributed by atoms with Crippen LogP contribution in [0.2, 0.25) is 0 Å². The minimum Gasteiger partial charge on any atom is -0.454 e. The fraction of sp³-hybridized carbons (Fsp3) is 0.455. The first kappa shape index (κ1) is 19.5. The number of pyridine rings is 1. The monoisotopic (exact) mass is 396 g/mol. The minimum absolute atomic E-state index is 0.00454. The van der Waals surface area contributed by atoms with Crippen molar-refractivity contribution in [2.24, 2.45) is 0 Å². The highest BCUT2D eigenvalue weighted by Crippen LogP contribution is 2.33. The van der Waals surface area contributed by atoms with Crippen molar-refractivity contribution < 1.29 is 14.3 Å². The molecule has 3 heterocycles. The fourth-order valence-electron chi connectivity index (χ4n) is 3.83. The quantitative estimate of drug-likeness (QED) is 0.748. The van der Waals surface area contributed by atoms with Gasteiger partial charge in [-0.2, -0.15) is 0 Å². The topological polar surface area (TPSA) is 58.1 Å². The van der Waals surface area contributed by atoms with E-state index < -0.39 is 0 Å². The van der Waals surface area contributed by atoms with E-state index in [2.05, 4.69) is 26.9 Å². The van der Waals surface area contributed by atoms with Gasteiger partial charge < -0.3 is 19.3 Å². The molecule has 4 rings (SSSR count). The summed E-state index contributed by atoms with van der Waals surface area (Å²) in [6, 6.07) is 10.0. The van der Waals surface area contributed by atoms with Crippen LogP contribution in [0.5, 0.6) is 11.5 Å². The molecule has 0 saturated carbocycles. The molecule has 7 heteroatoms. The highest BCUT2D eigenvalue weighted by Gasteiger charge is 2.20. The van der Waals surface area contributed by atoms with Crippen molar-refractivity contribution in [3.8, 4) is 11.5 Å². The summed E-state index contributed by atoms with van der Waals surface area (Å²) >= 11 is 0. The lowest BCUT2D eigenvalue weighted by molar-refractivity contribution is 0.0767. The second-order valence-corrected chi connectivity index (χ2v) is 7.33. The Morgan fingerprint density at radius 3 is 2.48 bits per heavy atom. The van der Waals surface area contributed by atoms with Crippen LogP contribution in [0.15, 0.2) is 36.5 Å². The van der Waals surface area contributed by atoms with Crippen molar-refractivity contribution in [3.05, 3.63) is 47.8 Å². The van der Waals surface area contributed by atoms with Gasteiger partial charge in [0.1, 0.15) is 5.69 Å². The second kappa shape index (κ2) is 8.69. The minimum atomic E-state index is -0.00454. The Labute approximate surface area is 171 Å². The van der Waals surface area contributed by atoms with Gasteiger partial charge in [0, 0.05) is 45.8 Å². The number of rotatable bonds is 6. The van der Waals surface area contributed by atoms with E-state index in [-0.39, 0.29) is 5.91 Å². The Balaban J connectivity index is 1.32. The number of aromatic nitrogens is 1. The maximum Gasteiger partial charge on any atom is 0.272 e. The molecule has 0 aliphatic carbocycles. The summed E-state index contributed by atoms with van der Waals surface area (Å²) in [6.45, 7) is 10.4. The van der Waals surface area contributed by atoms with Gasteiger partial charge in [-0.1, -0.05) is 6.07 Å². The summed E-state index contributed by atoms with van der Waals surface area (Å²) in [6.07, 6.45) is 1.82. The van der Waals surface area contributed by atoms with Crippen LogP contribution in [-0.2, 0) is 6.54 Å². The van der Waals surface area contributed by atoms with E-state index in [0.29, 0.717) is 25.6 Å². The summed E-state index contributed by atoms with van der Waals surface area (Å²) in [5.41, 5.74) is 2.83. The lowest BCUT2D eigenvalue weighted by atomic mass is 10.1. The smallest absolute Gasteiger partial charge is 0.272 e. The van der Waals surface area contributed by atoms with Gasteiger partial charge in [0.25, 0.3) is 5.91 Å². The maximum absolute atomic E-state index is 12.4. The van der Waals surface area contributed by atoms with Crippen LogP contribution >= 0.6 is 0 Å². The number of anilines is 1. The molecule has 2 aliphatic rings. The molecule has 1 amide bonds. The van der Waals surface area contributed by atoms with Crippen LogP contribution in [0.1, 0.15) is 29.9 Å². The highest BCUT2D eigenvalue weighted by molar-refractivity contribution is 5.92. The molecule has 1 fully saturated rings. The molecule has 1 aromatic heterocycles. The average Bonchev–Trinajstić information content (AvgIpc) is 3.23. The molecule has 0 radical (unpaired) electrons. The number of nitrogens with zero attached hydrogens (tertiary/aromatic N) is 4. The predicted molar refractivity (Wildman–Crippen MR) is 112 cm³/mol. The largest absolute Gasteiger partial charge is 0.454 e. The first-order valence-corrected chi connectivity index (χ1v) is 10.3. The molecule has 2 aromatic rings. The summed E-state index contributed by atoms with van der Waals surface area (Å²) in [4.78, 5) is 23.4. The highest BCUT2D eigenvalue weighted by atomic mass is 16.7. The third-order valence-corrected chi connectivity index (χ3v) is 5.60. The predicted octanol–water partition coefficient (Wildman–Crippen LogP) is 2.61. The molecule has 1 aromatic carbocycles. The van der Waals surface area contributed by atoms with Crippen LogP contribution in [-0.4, -0.2) is 66.8 Å². The van der Waals surface area contributed by atoms with E-state index in [4.69, 9.17) is 9.47 Å². The Kier molecular flexibility index (Phi) is 5.85. The number of carbonyl (C=O) groups excluding carboxylic acids is 1. The molecule has 0 atom stereocenters. The van der Waals surface area contributed by atoms with Crippen LogP contribution in [0.4, 0.5) is 5.69 Å². The average molecular weight is 396 g/mol. The summed E-state index contributed by atoms with van der Waals surface area (Å²) in [5, 5.41) is 0. The van der Waals surface area contributed by atoms with Gasteiger partial charge in [-0.15, -0.1) is 0 Å². The number of piperazine rings is 1. The molecule has 7 nitrogen and oxygen atoms in total. The molecule has 2 aliphatic heterocycles. The van der Waals surface area contributed by atoms with Gasteiger partial charge in [0.05, 0.1) is 11.9 Å². The Bertz CT molecular complexity index is 844. The van der Waals surface area contributed by atoms with E-state index in [9.17, 15) is 4.79 Å². The molecule has 0 unspecified atom stereocenters. The van der Waals surface area contributed by atoms with Gasteiger partial charge in [-0.25, -0.2) is 4.98 Å². The van der Waals surface area contributed by atoms with Crippen molar-refractivity contribution in [2.75, 3.05) is 51.0 Å². The zero-order chi connectivity index (χ0) is 20.2. The molecule has 1 saturated heterocycles. The lowest BCUT2D eigenvalue weighted by Crippen LogP contribution is -2.46. The third-order valence-electron chi connectivity index (χ3n) is 5.60. The number of fused-ring (bicyclic) bond motifs is 1. The van der Waals surface area contributed by atoms with E-state index in [1.54, 1.807) is 4.90 Å². The molecule has 154 valence electrons. The van der Waals surface area contributed by atoms with Crippen LogP contribution in [0, 0.1) is 0 Å². The van der Waals surface area contributed by atoms with E-state index in [1.807, 2.05) is 38.2 Å². The van der Waals surface area contributed by atoms with Crippen molar-refractivity contribution in [2.45, 2.75) is 20.4 Å². The Morgan fingerprint density at radius 1 is 1.03 bits per heavy atom. The maximum atomic E-state index is 12.4. The van der Waals surface area contributed by atoms with E-state index >= 15 is 0 Å². The lowest BCUT2D eigenvalue weighted by Gasteiger charge is -2.36. The standard InChI is InChI=1S/C22H28N4O3/c1-3-25(4-2)22(27)19-7-6-18(14-23-19)26-11-9-24(10-12-26)15-17-5-8-20-21(13-17)29-16-28-20/h5-8,13-14H,3-4,9-12,15-16H2,1-2H3. The zero-order valence-corrected chi connectivity index (χ0v) is 17.1. The van der Waals surface area contributed by atoms with Gasteiger partial charge in [-0.3, -0.25) is 9.69 Å². The van der Waals surface area contributed by atoms with Crippen molar-refractivity contribution in [1.29, 1.82) is 0 Å². The molecular formula is C22H28N4O3. The fourth-order valence-corrected chi connectivity index (χ4v) is 3.83. The van der Waals surface area contributed by atoms with Crippen LogP contribution < -0.4 is 14.4 Å². The molecule has 0 N–H and O–H groups in total. The van der Waals surface area contributed by atoms with Gasteiger partial charge in [0.2, 0.25) is 6.79 Å². The van der Waals surface area contributed by atoms with Gasteiger partial charge in [-0.05, 0) is 43.7 Å². The first-order valence-electron chi connectivity index (χ1n) is 10.3. The van der Waals surface area contributed by atoms with Crippen LogP contribution in [0.25, 0.3) is 0 Å². The molecular weight excluding hydrogens is 368 g/mol. The number of hydrogen-bond acceptors (Lipinski definition) is 6. The van der Waals surface area contributed by atoms with Crippen molar-refractivity contribution in [1.82, 2.24) is 14.8 Å². The number of hydrogen-bond donors (Lipinski definition) is 0. The van der Waals surface area contributed by atoms with Gasteiger partial charge >= 0.3 is 0 Å². The summed E-state index contributed by atoms with van der Waals surface area (Å²) in [5.74, 6) is 1.66. The van der Waals surface area contributed by atoms with E-state index in [0.717, 1.165) is 49.9 Å². The second-order valence-electron chi connectivity index (χ2n) is 7.33. The zero-order valence-electron chi connectivity index (χ0n) is 17.1. The number of ether oxygens (including phenoxy) is 2. The third kappa shape index (κ3) is 4.29. The Hall–Kier alpha value is -2.80. The van der Waals surface area contributed by atoms with Crippen LogP contribution in [0.3, 0.4) is 0 Å². The number of amides is 1. The summed E-state index contributed by atoms with van der Waals surface area (Å²) < 4.78 is 10.9.